The highest BCUT2D eigenvalue weighted by atomic mass is 19.1. The molecule has 3 N–H and O–H groups in total. The smallest absolute Gasteiger partial charge is 0.221 e. The Balaban J connectivity index is 1.90. The maximum atomic E-state index is 12.9. The van der Waals surface area contributed by atoms with Crippen LogP contribution < -0.4 is 11.1 Å². The van der Waals surface area contributed by atoms with Gasteiger partial charge in [0, 0.05) is 25.4 Å². The molecule has 4 nitrogen and oxygen atoms in total. The van der Waals surface area contributed by atoms with Gasteiger partial charge in [-0.2, -0.15) is 0 Å². The molecule has 128 valence electrons. The fourth-order valence-electron chi connectivity index (χ4n) is 2.35. The van der Waals surface area contributed by atoms with E-state index < -0.39 is 0 Å². The predicted molar refractivity (Wildman–Crippen MR) is 91.9 cm³/mol. The summed E-state index contributed by atoms with van der Waals surface area (Å²) >= 11 is 0. The first-order valence-corrected chi connectivity index (χ1v) is 8.03. The lowest BCUT2D eigenvalue weighted by Gasteiger charge is -2.18. The number of ether oxygens (including phenoxy) is 1. The van der Waals surface area contributed by atoms with E-state index in [-0.39, 0.29) is 17.6 Å². The molecule has 24 heavy (non-hydrogen) atoms. The average Bonchev–Trinajstić information content (AvgIpc) is 2.60. The van der Waals surface area contributed by atoms with Gasteiger partial charge in [-0.3, -0.25) is 4.79 Å². The number of nitrogens with one attached hydrogen (secondary N) is 1. The van der Waals surface area contributed by atoms with Crippen LogP contribution in [0.15, 0.2) is 54.6 Å². The maximum Gasteiger partial charge on any atom is 0.221 e. The molecule has 2 aromatic carbocycles. The topological polar surface area (TPSA) is 64.4 Å². The highest BCUT2D eigenvalue weighted by Crippen LogP contribution is 2.16. The zero-order valence-corrected chi connectivity index (χ0v) is 13.6. The second kappa shape index (κ2) is 9.80. The molecule has 0 heterocycles. The van der Waals surface area contributed by atoms with Crippen molar-refractivity contribution >= 4 is 5.91 Å². The molecule has 0 aliphatic heterocycles. The lowest BCUT2D eigenvalue weighted by molar-refractivity contribution is -0.121. The standard InChI is InChI=1S/C19H23FN2O2/c20-18-8-6-15(7-9-18)13-24-14-17(12-22-19(23)10-11-21)16-4-2-1-3-5-16/h1-9,17H,10-14,21H2,(H,22,23). The Morgan fingerprint density at radius 2 is 1.83 bits per heavy atom. The molecule has 0 radical (unpaired) electrons. The van der Waals surface area contributed by atoms with Gasteiger partial charge < -0.3 is 15.8 Å². The Kier molecular flexibility index (Phi) is 7.39. The minimum Gasteiger partial charge on any atom is -0.376 e. The van der Waals surface area contributed by atoms with Crippen LogP contribution >= 0.6 is 0 Å². The van der Waals surface area contributed by atoms with Crippen LogP contribution in [0, 0.1) is 5.82 Å². The summed E-state index contributed by atoms with van der Waals surface area (Å²) in [5.41, 5.74) is 7.40. The van der Waals surface area contributed by atoms with Crippen molar-refractivity contribution in [1.82, 2.24) is 5.32 Å². The largest absolute Gasteiger partial charge is 0.376 e. The second-order valence-corrected chi connectivity index (χ2v) is 5.59. The van der Waals surface area contributed by atoms with Crippen molar-refractivity contribution in [1.29, 1.82) is 0 Å². The number of nitrogens with two attached hydrogens (primary N) is 1. The van der Waals surface area contributed by atoms with Gasteiger partial charge >= 0.3 is 0 Å². The molecule has 1 atom stereocenters. The third-order valence-corrected chi connectivity index (χ3v) is 3.69. The summed E-state index contributed by atoms with van der Waals surface area (Å²) in [6.07, 6.45) is 0.317. The summed E-state index contributed by atoms with van der Waals surface area (Å²) < 4.78 is 18.7. The first kappa shape index (κ1) is 18.1. The summed E-state index contributed by atoms with van der Waals surface area (Å²) in [6, 6.07) is 16.1. The molecule has 0 saturated heterocycles. The summed E-state index contributed by atoms with van der Waals surface area (Å²) in [5.74, 6) is -0.270. The summed E-state index contributed by atoms with van der Waals surface area (Å²) in [7, 11) is 0. The van der Waals surface area contributed by atoms with Gasteiger partial charge in [-0.05, 0) is 23.3 Å². The quantitative estimate of drug-likeness (QED) is 0.743. The zero-order chi connectivity index (χ0) is 17.2. The normalized spacial score (nSPS) is 11.9. The van der Waals surface area contributed by atoms with Gasteiger partial charge in [0.2, 0.25) is 5.91 Å². The lowest BCUT2D eigenvalue weighted by atomic mass is 10.00. The Morgan fingerprint density at radius 3 is 2.50 bits per heavy atom. The van der Waals surface area contributed by atoms with E-state index in [0.29, 0.717) is 32.7 Å². The van der Waals surface area contributed by atoms with Crippen molar-refractivity contribution in [3.05, 3.63) is 71.5 Å². The lowest BCUT2D eigenvalue weighted by Crippen LogP contribution is -2.31. The highest BCUT2D eigenvalue weighted by Gasteiger charge is 2.13. The Labute approximate surface area is 141 Å². The second-order valence-electron chi connectivity index (χ2n) is 5.59. The number of carbonyl (C=O) groups is 1. The number of hydrogen-bond acceptors (Lipinski definition) is 3. The van der Waals surface area contributed by atoms with Gasteiger partial charge in [0.1, 0.15) is 5.82 Å². The van der Waals surface area contributed by atoms with Crippen molar-refractivity contribution < 1.29 is 13.9 Å². The van der Waals surface area contributed by atoms with Crippen molar-refractivity contribution in [3.8, 4) is 0 Å². The fraction of sp³-hybridized carbons (Fsp3) is 0.316. The Morgan fingerprint density at radius 1 is 1.12 bits per heavy atom. The van der Waals surface area contributed by atoms with Crippen molar-refractivity contribution in [2.45, 2.75) is 18.9 Å². The van der Waals surface area contributed by atoms with Gasteiger partial charge in [-0.1, -0.05) is 42.5 Å². The predicted octanol–water partition coefficient (Wildman–Crippen LogP) is 2.59. The summed E-state index contributed by atoms with van der Waals surface area (Å²) in [5, 5.41) is 2.89. The van der Waals surface area contributed by atoms with Crippen LogP contribution in [-0.4, -0.2) is 25.6 Å². The van der Waals surface area contributed by atoms with E-state index in [0.717, 1.165) is 11.1 Å². The fourth-order valence-corrected chi connectivity index (χ4v) is 2.35. The Bertz CT molecular complexity index is 617. The van der Waals surface area contributed by atoms with Gasteiger partial charge in [-0.25, -0.2) is 4.39 Å². The van der Waals surface area contributed by atoms with Crippen LogP contribution in [0.3, 0.4) is 0 Å². The van der Waals surface area contributed by atoms with Crippen LogP contribution in [-0.2, 0) is 16.1 Å². The van der Waals surface area contributed by atoms with Crippen LogP contribution in [0.25, 0.3) is 0 Å². The zero-order valence-electron chi connectivity index (χ0n) is 13.6. The van der Waals surface area contributed by atoms with Gasteiger partial charge in [0.25, 0.3) is 0 Å². The molecule has 0 saturated carbocycles. The van der Waals surface area contributed by atoms with Crippen LogP contribution in [0.2, 0.25) is 0 Å². The minimum absolute atomic E-state index is 0.0494. The molecule has 0 fully saturated rings. The van der Waals surface area contributed by atoms with Crippen molar-refractivity contribution in [3.63, 3.8) is 0 Å². The molecular weight excluding hydrogens is 307 g/mol. The van der Waals surface area contributed by atoms with Crippen LogP contribution in [0.1, 0.15) is 23.5 Å². The molecule has 0 spiro atoms. The van der Waals surface area contributed by atoms with E-state index in [9.17, 15) is 9.18 Å². The van der Waals surface area contributed by atoms with E-state index in [4.69, 9.17) is 10.5 Å². The number of hydrogen-bond donors (Lipinski definition) is 2. The van der Waals surface area contributed by atoms with E-state index in [2.05, 4.69) is 5.32 Å². The van der Waals surface area contributed by atoms with E-state index in [1.807, 2.05) is 30.3 Å². The highest BCUT2D eigenvalue weighted by molar-refractivity contribution is 5.76. The molecule has 2 aromatic rings. The number of carbonyl (C=O) groups excluding carboxylic acids is 1. The number of rotatable bonds is 9. The molecule has 0 aliphatic carbocycles. The monoisotopic (exact) mass is 330 g/mol. The minimum atomic E-state index is -0.261. The molecule has 0 aromatic heterocycles. The van der Waals surface area contributed by atoms with E-state index >= 15 is 0 Å². The summed E-state index contributed by atoms with van der Waals surface area (Å²) in [6.45, 7) is 1.69. The van der Waals surface area contributed by atoms with Crippen molar-refractivity contribution in [2.24, 2.45) is 5.73 Å². The van der Waals surface area contributed by atoms with Gasteiger partial charge in [0.05, 0.1) is 13.2 Å². The van der Waals surface area contributed by atoms with Gasteiger partial charge in [-0.15, -0.1) is 0 Å². The van der Waals surface area contributed by atoms with Crippen LogP contribution in [0.5, 0.6) is 0 Å². The molecule has 5 heteroatoms. The van der Waals surface area contributed by atoms with Crippen LogP contribution in [0.4, 0.5) is 4.39 Å². The first-order valence-electron chi connectivity index (χ1n) is 8.03. The SMILES string of the molecule is NCCC(=O)NCC(COCc1ccc(F)cc1)c1ccccc1. The molecule has 0 bridgehead atoms. The van der Waals surface area contributed by atoms with E-state index in [1.165, 1.54) is 12.1 Å². The number of halogens is 1. The van der Waals surface area contributed by atoms with E-state index in [1.54, 1.807) is 12.1 Å². The van der Waals surface area contributed by atoms with Gasteiger partial charge in [0.15, 0.2) is 0 Å². The summed E-state index contributed by atoms with van der Waals surface area (Å²) in [4.78, 5) is 11.6. The molecular formula is C19H23FN2O2. The maximum absolute atomic E-state index is 12.9. The molecule has 1 unspecified atom stereocenters. The Hall–Kier alpha value is -2.24. The molecule has 2 rings (SSSR count). The third-order valence-electron chi connectivity index (χ3n) is 3.69. The number of amides is 1. The molecule has 0 aliphatic rings. The third kappa shape index (κ3) is 6.10. The average molecular weight is 330 g/mol. The molecule has 1 amide bonds. The van der Waals surface area contributed by atoms with Crippen molar-refractivity contribution in [2.75, 3.05) is 19.7 Å². The first-order chi connectivity index (χ1) is 11.7. The number of benzene rings is 2.